The van der Waals surface area contributed by atoms with Crippen molar-refractivity contribution < 1.29 is 0 Å². The lowest BCUT2D eigenvalue weighted by atomic mass is 9.80. The van der Waals surface area contributed by atoms with Gasteiger partial charge in [-0.2, -0.15) is 0 Å². The van der Waals surface area contributed by atoms with Crippen LogP contribution in [0.3, 0.4) is 0 Å². The lowest BCUT2D eigenvalue weighted by Gasteiger charge is -2.42. The number of rotatable bonds is 2. The monoisotopic (exact) mass is 316 g/mol. The number of H-pyrrole nitrogens is 1. The minimum Gasteiger partial charge on any atom is -0.361 e. The summed E-state index contributed by atoms with van der Waals surface area (Å²) in [7, 11) is 0. The number of hydrogen-bond donors (Lipinski definition) is 1. The lowest BCUT2D eigenvalue weighted by molar-refractivity contribution is 0.0938. The zero-order valence-electron chi connectivity index (χ0n) is 14.0. The molecule has 2 nitrogen and oxygen atoms in total. The third kappa shape index (κ3) is 2.55. The van der Waals surface area contributed by atoms with Crippen LogP contribution >= 0.6 is 0 Å². The molecule has 1 saturated heterocycles. The fourth-order valence-electron chi connectivity index (χ4n) is 4.73. The minimum absolute atomic E-state index is 0.699. The van der Waals surface area contributed by atoms with Crippen LogP contribution in [-0.4, -0.2) is 22.5 Å². The van der Waals surface area contributed by atoms with Crippen LogP contribution in [0.1, 0.15) is 29.5 Å². The Hall–Kier alpha value is -2.06. The minimum atomic E-state index is 0.699. The molecule has 2 aromatic carbocycles. The molecule has 1 N–H and O–H groups in total. The maximum Gasteiger partial charge on any atom is 0.0454 e. The van der Waals surface area contributed by atoms with Crippen molar-refractivity contribution in [2.24, 2.45) is 5.92 Å². The highest BCUT2D eigenvalue weighted by Gasteiger charge is 2.31. The van der Waals surface area contributed by atoms with Crippen LogP contribution in [0.15, 0.2) is 54.7 Å². The molecule has 3 aliphatic rings. The van der Waals surface area contributed by atoms with Crippen molar-refractivity contribution in [1.29, 1.82) is 0 Å². The molecule has 6 rings (SSSR count). The number of benzene rings is 2. The van der Waals surface area contributed by atoms with E-state index in [2.05, 4.69) is 58.4 Å². The number of hydrogen-bond acceptors (Lipinski definition) is 1. The number of piperidine rings is 1. The topological polar surface area (TPSA) is 19.0 Å². The highest BCUT2D eigenvalue weighted by molar-refractivity contribution is 5.79. The average Bonchev–Trinajstić information content (AvgIpc) is 3.03. The Balaban J connectivity index is 1.42. The maximum atomic E-state index is 3.29. The van der Waals surface area contributed by atoms with Crippen LogP contribution in [0.25, 0.3) is 10.9 Å². The van der Waals surface area contributed by atoms with Gasteiger partial charge in [-0.3, -0.25) is 4.90 Å². The molecule has 0 amide bonds. The van der Waals surface area contributed by atoms with Crippen LogP contribution < -0.4 is 0 Å². The number of aromatic nitrogens is 1. The second-order valence-electron chi connectivity index (χ2n) is 7.60. The molecule has 3 heterocycles. The predicted molar refractivity (Wildman–Crippen MR) is 99.1 cm³/mol. The Labute approximate surface area is 143 Å². The summed E-state index contributed by atoms with van der Waals surface area (Å²) in [6.45, 7) is 2.34. The molecule has 2 heteroatoms. The van der Waals surface area contributed by atoms with Gasteiger partial charge in [-0.05, 0) is 71.9 Å². The molecule has 24 heavy (non-hydrogen) atoms. The fraction of sp³-hybridized carbons (Fsp3) is 0.364. The van der Waals surface area contributed by atoms with E-state index in [-0.39, 0.29) is 0 Å². The van der Waals surface area contributed by atoms with Crippen molar-refractivity contribution in [2.45, 2.75) is 38.3 Å². The molecule has 2 atom stereocenters. The van der Waals surface area contributed by atoms with Gasteiger partial charge in [-0.15, -0.1) is 0 Å². The summed E-state index contributed by atoms with van der Waals surface area (Å²) >= 11 is 0. The molecule has 1 aromatic heterocycles. The first-order chi connectivity index (χ1) is 11.8. The van der Waals surface area contributed by atoms with Crippen LogP contribution in [0.2, 0.25) is 0 Å². The van der Waals surface area contributed by atoms with E-state index < -0.39 is 0 Å². The predicted octanol–water partition coefficient (Wildman–Crippen LogP) is 4.55. The van der Waals surface area contributed by atoms with E-state index in [1.54, 1.807) is 11.1 Å². The van der Waals surface area contributed by atoms with Crippen molar-refractivity contribution in [1.82, 2.24) is 9.88 Å². The molecule has 1 aliphatic carbocycles. The molecule has 0 unspecified atom stereocenters. The van der Waals surface area contributed by atoms with Gasteiger partial charge >= 0.3 is 0 Å². The fourth-order valence-corrected chi connectivity index (χ4v) is 4.73. The van der Waals surface area contributed by atoms with Crippen LogP contribution in [-0.2, 0) is 19.4 Å². The van der Waals surface area contributed by atoms with E-state index in [0.29, 0.717) is 6.04 Å². The quantitative estimate of drug-likeness (QED) is 0.735. The van der Waals surface area contributed by atoms with Crippen molar-refractivity contribution in [3.63, 3.8) is 0 Å². The van der Waals surface area contributed by atoms with Gasteiger partial charge < -0.3 is 4.98 Å². The molecule has 2 aliphatic heterocycles. The molecule has 0 saturated carbocycles. The standard InChI is InChI=1S/C22H24N2/c1-2-4-19-13-21-7-5-16(11-18(19)3-1)14-24(21)15-17-6-8-22-20(12-17)9-10-23-22/h1-4,6,8-10,12,16,21,23H,5,7,11,13-15H2/t16-,21+/m1/s1. The SMILES string of the molecule is c1ccc2c(c1)C[C@H]1CC[C@@H](C2)N(Cc2ccc3[nH]ccc3c2)C1. The third-order valence-electron chi connectivity index (χ3n) is 6.00. The molecular formula is C22H24N2. The van der Waals surface area contributed by atoms with E-state index >= 15 is 0 Å². The zero-order valence-corrected chi connectivity index (χ0v) is 14.0. The van der Waals surface area contributed by atoms with Gasteiger partial charge in [0.25, 0.3) is 0 Å². The van der Waals surface area contributed by atoms with Gasteiger partial charge in [0, 0.05) is 30.8 Å². The second-order valence-corrected chi connectivity index (χ2v) is 7.60. The van der Waals surface area contributed by atoms with E-state index in [4.69, 9.17) is 0 Å². The third-order valence-corrected chi connectivity index (χ3v) is 6.00. The first-order valence-electron chi connectivity index (χ1n) is 9.22. The van der Waals surface area contributed by atoms with Crippen molar-refractivity contribution in [2.75, 3.05) is 6.54 Å². The maximum absolute atomic E-state index is 3.29. The molecular weight excluding hydrogens is 292 g/mol. The van der Waals surface area contributed by atoms with Crippen molar-refractivity contribution in [3.8, 4) is 0 Å². The highest BCUT2D eigenvalue weighted by Crippen LogP contribution is 2.33. The van der Waals surface area contributed by atoms with Gasteiger partial charge in [-0.25, -0.2) is 0 Å². The summed E-state index contributed by atoms with van der Waals surface area (Å²) in [6.07, 6.45) is 7.26. The smallest absolute Gasteiger partial charge is 0.0454 e. The van der Waals surface area contributed by atoms with Crippen molar-refractivity contribution in [3.05, 3.63) is 71.4 Å². The Kier molecular flexibility index (Phi) is 3.45. The Morgan fingerprint density at radius 3 is 2.75 bits per heavy atom. The number of nitrogens with zero attached hydrogens (tertiary/aromatic N) is 1. The van der Waals surface area contributed by atoms with Gasteiger partial charge in [-0.1, -0.05) is 30.3 Å². The van der Waals surface area contributed by atoms with Crippen molar-refractivity contribution >= 4 is 10.9 Å². The molecule has 1 fully saturated rings. The molecule has 2 bridgehead atoms. The zero-order chi connectivity index (χ0) is 15.9. The van der Waals surface area contributed by atoms with E-state index in [0.717, 1.165) is 12.5 Å². The normalized spacial score (nSPS) is 23.8. The Morgan fingerprint density at radius 1 is 0.958 bits per heavy atom. The summed E-state index contributed by atoms with van der Waals surface area (Å²) in [5.41, 5.74) is 5.86. The van der Waals surface area contributed by atoms with E-state index in [9.17, 15) is 0 Å². The molecule has 3 aromatic rings. The van der Waals surface area contributed by atoms with Gasteiger partial charge in [0.2, 0.25) is 0 Å². The largest absolute Gasteiger partial charge is 0.361 e. The van der Waals surface area contributed by atoms with Gasteiger partial charge in [0.05, 0.1) is 0 Å². The molecule has 0 radical (unpaired) electrons. The first kappa shape index (κ1) is 14.3. The Bertz CT molecular complexity index is 863. The summed E-state index contributed by atoms with van der Waals surface area (Å²) < 4.78 is 0. The van der Waals surface area contributed by atoms with Crippen LogP contribution in [0.4, 0.5) is 0 Å². The second kappa shape index (κ2) is 5.78. The average molecular weight is 316 g/mol. The van der Waals surface area contributed by atoms with Gasteiger partial charge in [0.15, 0.2) is 0 Å². The molecule has 122 valence electrons. The summed E-state index contributed by atoms with van der Waals surface area (Å²) in [6, 6.07) is 18.9. The van der Waals surface area contributed by atoms with E-state index in [1.807, 2.05) is 6.20 Å². The van der Waals surface area contributed by atoms with Crippen LogP contribution in [0, 0.1) is 5.92 Å². The first-order valence-corrected chi connectivity index (χ1v) is 9.22. The summed E-state index contributed by atoms with van der Waals surface area (Å²) in [5.74, 6) is 0.818. The summed E-state index contributed by atoms with van der Waals surface area (Å²) in [5, 5.41) is 1.33. The molecule has 0 spiro atoms. The number of aromatic amines is 1. The number of fused-ring (bicyclic) bond motifs is 3. The Morgan fingerprint density at radius 2 is 1.83 bits per heavy atom. The van der Waals surface area contributed by atoms with Gasteiger partial charge in [0.1, 0.15) is 0 Å². The van der Waals surface area contributed by atoms with Crippen LogP contribution in [0.5, 0.6) is 0 Å². The van der Waals surface area contributed by atoms with E-state index in [1.165, 1.54) is 48.7 Å². The lowest BCUT2D eigenvalue weighted by Crippen LogP contribution is -2.46. The number of nitrogens with one attached hydrogen (secondary N) is 1. The highest BCUT2D eigenvalue weighted by atomic mass is 15.2. The summed E-state index contributed by atoms with van der Waals surface area (Å²) in [4.78, 5) is 6.04.